The SMILES string of the molecule is CC(C)c1coc2ccc(C(=O)NC3CC4CCN(CC4)C3)cc12. The van der Waals surface area contributed by atoms with Crippen molar-refractivity contribution < 1.29 is 9.21 Å². The molecule has 1 amide bonds. The van der Waals surface area contributed by atoms with Gasteiger partial charge in [-0.1, -0.05) is 13.8 Å². The van der Waals surface area contributed by atoms with Crippen LogP contribution >= 0.6 is 0 Å². The number of rotatable bonds is 3. The molecule has 1 N–H and O–H groups in total. The van der Waals surface area contributed by atoms with E-state index in [4.69, 9.17) is 4.42 Å². The molecule has 3 saturated heterocycles. The lowest BCUT2D eigenvalue weighted by Gasteiger charge is -2.26. The zero-order valence-electron chi connectivity index (χ0n) is 14.5. The summed E-state index contributed by atoms with van der Waals surface area (Å²) in [5.41, 5.74) is 2.75. The van der Waals surface area contributed by atoms with E-state index in [9.17, 15) is 4.79 Å². The van der Waals surface area contributed by atoms with Crippen molar-refractivity contribution in [1.82, 2.24) is 10.2 Å². The number of fused-ring (bicyclic) bond motifs is 5. The van der Waals surface area contributed by atoms with E-state index in [0.29, 0.717) is 5.92 Å². The van der Waals surface area contributed by atoms with Gasteiger partial charge < -0.3 is 14.6 Å². The first-order chi connectivity index (χ1) is 11.6. The molecule has 0 aliphatic carbocycles. The number of carbonyl (C=O) groups is 1. The Bertz CT molecular complexity index is 727. The monoisotopic (exact) mass is 326 g/mol. The maximum atomic E-state index is 12.7. The molecule has 0 saturated carbocycles. The van der Waals surface area contributed by atoms with Gasteiger partial charge in [-0.3, -0.25) is 4.79 Å². The molecule has 4 nitrogen and oxygen atoms in total. The second-order valence-corrected chi connectivity index (χ2v) is 7.71. The molecule has 5 rings (SSSR count). The summed E-state index contributed by atoms with van der Waals surface area (Å²) in [4.78, 5) is 15.2. The highest BCUT2D eigenvalue weighted by atomic mass is 16.3. The molecule has 0 spiro atoms. The molecule has 1 atom stereocenters. The van der Waals surface area contributed by atoms with Crippen molar-refractivity contribution in [3.8, 4) is 0 Å². The first-order valence-electron chi connectivity index (χ1n) is 9.14. The predicted molar refractivity (Wildman–Crippen MR) is 95.3 cm³/mol. The summed E-state index contributed by atoms with van der Waals surface area (Å²) in [5, 5.41) is 4.33. The van der Waals surface area contributed by atoms with Crippen molar-refractivity contribution >= 4 is 16.9 Å². The van der Waals surface area contributed by atoms with Crippen LogP contribution in [0.2, 0.25) is 0 Å². The van der Waals surface area contributed by atoms with E-state index in [0.717, 1.165) is 35.4 Å². The van der Waals surface area contributed by atoms with E-state index >= 15 is 0 Å². The average molecular weight is 326 g/mol. The van der Waals surface area contributed by atoms with Crippen molar-refractivity contribution in [2.75, 3.05) is 19.6 Å². The Morgan fingerprint density at radius 3 is 2.83 bits per heavy atom. The number of piperidine rings is 1. The number of carbonyl (C=O) groups excluding carboxylic acids is 1. The molecule has 2 aromatic rings. The number of nitrogens with one attached hydrogen (secondary N) is 1. The fourth-order valence-corrected chi connectivity index (χ4v) is 4.20. The minimum absolute atomic E-state index is 0.0420. The second-order valence-electron chi connectivity index (χ2n) is 7.71. The Kier molecular flexibility index (Phi) is 4.09. The third kappa shape index (κ3) is 2.95. The van der Waals surface area contributed by atoms with Crippen LogP contribution < -0.4 is 5.32 Å². The van der Waals surface area contributed by atoms with Crippen LogP contribution in [0.4, 0.5) is 0 Å². The highest BCUT2D eigenvalue weighted by molar-refractivity contribution is 5.98. The molecule has 4 heterocycles. The molecule has 1 unspecified atom stereocenters. The normalized spacial score (nSPS) is 26.7. The van der Waals surface area contributed by atoms with Gasteiger partial charge in [-0.15, -0.1) is 0 Å². The van der Waals surface area contributed by atoms with E-state index in [-0.39, 0.29) is 11.9 Å². The van der Waals surface area contributed by atoms with Crippen molar-refractivity contribution in [2.24, 2.45) is 5.92 Å². The lowest BCUT2D eigenvalue weighted by Crippen LogP contribution is -2.41. The average Bonchev–Trinajstić information content (AvgIpc) is 2.79. The van der Waals surface area contributed by atoms with E-state index in [1.807, 2.05) is 24.5 Å². The molecule has 3 aliphatic rings. The second kappa shape index (κ2) is 6.25. The predicted octanol–water partition coefficient (Wildman–Crippen LogP) is 3.77. The van der Waals surface area contributed by atoms with Gasteiger partial charge in [0, 0.05) is 29.1 Å². The van der Waals surface area contributed by atoms with Crippen LogP contribution in [-0.4, -0.2) is 36.5 Å². The summed E-state index contributed by atoms with van der Waals surface area (Å²) in [6, 6.07) is 6.04. The number of benzene rings is 1. The fourth-order valence-electron chi connectivity index (χ4n) is 4.20. The maximum Gasteiger partial charge on any atom is 0.251 e. The number of hydrogen-bond acceptors (Lipinski definition) is 3. The molecule has 128 valence electrons. The highest BCUT2D eigenvalue weighted by Crippen LogP contribution is 2.29. The largest absolute Gasteiger partial charge is 0.464 e. The smallest absolute Gasteiger partial charge is 0.251 e. The van der Waals surface area contributed by atoms with E-state index in [1.165, 1.54) is 31.5 Å². The first kappa shape index (κ1) is 15.7. The van der Waals surface area contributed by atoms with Gasteiger partial charge in [0.15, 0.2) is 0 Å². The van der Waals surface area contributed by atoms with Gasteiger partial charge in [-0.2, -0.15) is 0 Å². The summed E-state index contributed by atoms with van der Waals surface area (Å²) >= 11 is 0. The molecular weight excluding hydrogens is 300 g/mol. The van der Waals surface area contributed by atoms with Crippen LogP contribution in [0.25, 0.3) is 11.0 Å². The quantitative estimate of drug-likeness (QED) is 0.934. The Morgan fingerprint density at radius 2 is 2.08 bits per heavy atom. The Balaban J connectivity index is 1.53. The minimum Gasteiger partial charge on any atom is -0.464 e. The Labute approximate surface area is 143 Å². The molecule has 0 radical (unpaired) electrons. The van der Waals surface area contributed by atoms with Crippen LogP contribution in [0, 0.1) is 5.92 Å². The van der Waals surface area contributed by atoms with Crippen LogP contribution in [0.15, 0.2) is 28.9 Å². The number of amides is 1. The molecule has 3 aliphatic heterocycles. The number of hydrogen-bond donors (Lipinski definition) is 1. The third-order valence-electron chi connectivity index (χ3n) is 5.63. The molecular formula is C20H26N2O2. The van der Waals surface area contributed by atoms with E-state index in [2.05, 4.69) is 24.1 Å². The van der Waals surface area contributed by atoms with Gasteiger partial charge in [-0.05, 0) is 62.4 Å². The topological polar surface area (TPSA) is 45.5 Å². The van der Waals surface area contributed by atoms with E-state index < -0.39 is 0 Å². The first-order valence-corrected chi connectivity index (χ1v) is 9.14. The summed E-state index contributed by atoms with van der Waals surface area (Å²) in [5.74, 6) is 1.20. The van der Waals surface area contributed by atoms with Crippen LogP contribution in [-0.2, 0) is 0 Å². The fraction of sp³-hybridized carbons (Fsp3) is 0.550. The van der Waals surface area contributed by atoms with Crippen molar-refractivity contribution in [2.45, 2.75) is 45.1 Å². The Hall–Kier alpha value is -1.81. The van der Waals surface area contributed by atoms with Crippen molar-refractivity contribution in [1.29, 1.82) is 0 Å². The van der Waals surface area contributed by atoms with Gasteiger partial charge in [0.05, 0.1) is 6.26 Å². The van der Waals surface area contributed by atoms with Crippen molar-refractivity contribution in [3.63, 3.8) is 0 Å². The Morgan fingerprint density at radius 1 is 1.29 bits per heavy atom. The molecule has 24 heavy (non-hydrogen) atoms. The van der Waals surface area contributed by atoms with Gasteiger partial charge in [0.2, 0.25) is 0 Å². The summed E-state index contributed by atoms with van der Waals surface area (Å²) in [7, 11) is 0. The highest BCUT2D eigenvalue weighted by Gasteiger charge is 2.30. The third-order valence-corrected chi connectivity index (χ3v) is 5.63. The van der Waals surface area contributed by atoms with Crippen LogP contribution in [0.1, 0.15) is 54.9 Å². The molecule has 4 heteroatoms. The standard InChI is InChI=1S/C20H26N2O2/c1-13(2)18-12-24-19-4-3-15(10-17(18)19)20(23)21-16-9-14-5-7-22(11-16)8-6-14/h3-4,10,12-14,16H,5-9,11H2,1-2H3,(H,21,23). The van der Waals surface area contributed by atoms with Gasteiger partial charge in [0.25, 0.3) is 5.91 Å². The molecule has 2 bridgehead atoms. The van der Waals surface area contributed by atoms with Crippen molar-refractivity contribution in [3.05, 3.63) is 35.6 Å². The lowest BCUT2D eigenvalue weighted by atomic mass is 9.94. The van der Waals surface area contributed by atoms with Gasteiger partial charge in [0.1, 0.15) is 5.58 Å². The lowest BCUT2D eigenvalue weighted by molar-refractivity contribution is 0.0929. The maximum absolute atomic E-state index is 12.7. The summed E-state index contributed by atoms with van der Waals surface area (Å²) in [6.45, 7) is 7.67. The van der Waals surface area contributed by atoms with Gasteiger partial charge >= 0.3 is 0 Å². The van der Waals surface area contributed by atoms with Crippen LogP contribution in [0.5, 0.6) is 0 Å². The zero-order chi connectivity index (χ0) is 16.7. The molecule has 1 aromatic heterocycles. The summed E-state index contributed by atoms with van der Waals surface area (Å²) in [6.07, 6.45) is 5.50. The zero-order valence-corrected chi connectivity index (χ0v) is 14.5. The summed E-state index contributed by atoms with van der Waals surface area (Å²) < 4.78 is 5.61. The minimum atomic E-state index is 0.0420. The number of nitrogens with zero attached hydrogens (tertiary/aromatic N) is 1. The molecule has 3 fully saturated rings. The molecule has 1 aromatic carbocycles. The van der Waals surface area contributed by atoms with E-state index in [1.54, 1.807) is 0 Å². The van der Waals surface area contributed by atoms with Gasteiger partial charge in [-0.25, -0.2) is 0 Å². The van der Waals surface area contributed by atoms with Crippen LogP contribution in [0.3, 0.4) is 0 Å². The number of furan rings is 1.